The first-order valence-electron chi connectivity index (χ1n) is 9.27. The zero-order valence-electron chi connectivity index (χ0n) is 15.8. The lowest BCUT2D eigenvalue weighted by atomic mass is 10.1. The van der Waals surface area contributed by atoms with Crippen LogP contribution in [-0.2, 0) is 11.3 Å². The Morgan fingerprint density at radius 3 is 2.82 bits per heavy atom. The Balaban J connectivity index is 1.61. The molecule has 2 heterocycles. The molecule has 2 aromatic carbocycles. The van der Waals surface area contributed by atoms with E-state index in [2.05, 4.69) is 9.88 Å². The molecule has 0 bridgehead atoms. The molecule has 28 heavy (non-hydrogen) atoms. The number of ether oxygens (including phenoxy) is 3. The van der Waals surface area contributed by atoms with Crippen LogP contribution in [0, 0.1) is 0 Å². The second-order valence-corrected chi connectivity index (χ2v) is 6.63. The number of aromatic nitrogens is 1. The lowest BCUT2D eigenvalue weighted by Gasteiger charge is -2.27. The molecule has 0 spiro atoms. The van der Waals surface area contributed by atoms with E-state index in [0.29, 0.717) is 22.6 Å². The number of pyridine rings is 1. The maximum absolute atomic E-state index is 12.6. The second kappa shape index (κ2) is 8.37. The summed E-state index contributed by atoms with van der Waals surface area (Å²) >= 11 is 0. The Bertz CT molecular complexity index is 983. The van der Waals surface area contributed by atoms with Crippen molar-refractivity contribution < 1.29 is 19.0 Å². The van der Waals surface area contributed by atoms with Gasteiger partial charge in [0.05, 0.1) is 25.9 Å². The average molecular weight is 378 g/mol. The first-order valence-corrected chi connectivity index (χ1v) is 9.27. The van der Waals surface area contributed by atoms with Crippen molar-refractivity contribution in [3.63, 3.8) is 0 Å². The van der Waals surface area contributed by atoms with Crippen molar-refractivity contribution in [2.24, 2.45) is 0 Å². The summed E-state index contributed by atoms with van der Waals surface area (Å²) in [6.07, 6.45) is 1.71. The van der Waals surface area contributed by atoms with E-state index in [-0.39, 0.29) is 0 Å². The first-order chi connectivity index (χ1) is 13.7. The van der Waals surface area contributed by atoms with Crippen molar-refractivity contribution in [1.29, 1.82) is 0 Å². The molecule has 0 amide bonds. The summed E-state index contributed by atoms with van der Waals surface area (Å²) < 4.78 is 16.3. The Hall–Kier alpha value is -2.96. The third-order valence-electron chi connectivity index (χ3n) is 4.83. The third kappa shape index (κ3) is 3.98. The van der Waals surface area contributed by atoms with Crippen LogP contribution in [0.3, 0.4) is 0 Å². The fraction of sp³-hybridized carbons (Fsp3) is 0.273. The second-order valence-electron chi connectivity index (χ2n) is 6.63. The molecular formula is C22H22N2O4. The Morgan fingerprint density at radius 2 is 2.00 bits per heavy atom. The Morgan fingerprint density at radius 1 is 1.14 bits per heavy atom. The molecule has 3 aromatic rings. The smallest absolute Gasteiger partial charge is 0.343 e. The number of carbonyl (C=O) groups is 1. The van der Waals surface area contributed by atoms with Gasteiger partial charge in [0.25, 0.3) is 0 Å². The highest BCUT2D eigenvalue weighted by Gasteiger charge is 2.16. The van der Waals surface area contributed by atoms with Crippen LogP contribution >= 0.6 is 0 Å². The highest BCUT2D eigenvalue weighted by atomic mass is 16.5. The molecule has 1 aliphatic rings. The van der Waals surface area contributed by atoms with Crippen LogP contribution in [-0.4, -0.2) is 49.3 Å². The minimum atomic E-state index is -0.438. The Labute approximate surface area is 163 Å². The van der Waals surface area contributed by atoms with Gasteiger partial charge in [-0.05, 0) is 35.9 Å². The number of morpholine rings is 1. The van der Waals surface area contributed by atoms with Crippen LogP contribution in [0.25, 0.3) is 10.9 Å². The van der Waals surface area contributed by atoms with Gasteiger partial charge in [0.15, 0.2) is 5.75 Å². The molecule has 6 nitrogen and oxygen atoms in total. The number of carbonyl (C=O) groups excluding carboxylic acids is 1. The molecule has 144 valence electrons. The molecule has 0 N–H and O–H groups in total. The van der Waals surface area contributed by atoms with Gasteiger partial charge in [0.2, 0.25) is 0 Å². The number of hydrogen-bond donors (Lipinski definition) is 0. The summed E-state index contributed by atoms with van der Waals surface area (Å²) in [5, 5.41) is 0.991. The quantitative estimate of drug-likeness (QED) is 0.502. The van der Waals surface area contributed by atoms with E-state index in [1.54, 1.807) is 37.6 Å². The fourth-order valence-electron chi connectivity index (χ4n) is 3.34. The number of esters is 1. The summed E-state index contributed by atoms with van der Waals surface area (Å²) in [5.41, 5.74) is 2.27. The minimum absolute atomic E-state index is 0.431. The van der Waals surface area contributed by atoms with E-state index in [9.17, 15) is 4.79 Å². The third-order valence-corrected chi connectivity index (χ3v) is 4.83. The summed E-state index contributed by atoms with van der Waals surface area (Å²) in [7, 11) is 1.56. The van der Waals surface area contributed by atoms with Gasteiger partial charge in [-0.2, -0.15) is 0 Å². The number of fused-ring (bicyclic) bond motifs is 1. The standard InChI is InChI=1S/C22H22N2O4/c1-26-18-5-2-4-16(14-18)22(25)28-20-8-7-17(15-24-10-12-27-13-11-24)19-6-3-9-23-21(19)20/h2-9,14H,10-13,15H2,1H3. The van der Waals surface area contributed by atoms with Crippen LogP contribution in [0.1, 0.15) is 15.9 Å². The summed E-state index contributed by atoms with van der Waals surface area (Å²) in [6.45, 7) is 4.15. The minimum Gasteiger partial charge on any atom is -0.497 e. The number of rotatable bonds is 5. The summed E-state index contributed by atoms with van der Waals surface area (Å²) in [4.78, 5) is 19.4. The van der Waals surface area contributed by atoms with Crippen molar-refractivity contribution in [2.45, 2.75) is 6.54 Å². The average Bonchev–Trinajstić information content (AvgIpc) is 2.76. The topological polar surface area (TPSA) is 60.9 Å². The van der Waals surface area contributed by atoms with Gasteiger partial charge in [0.1, 0.15) is 11.3 Å². The predicted octanol–water partition coefficient (Wildman–Crippen LogP) is 3.29. The number of nitrogens with zero attached hydrogens (tertiary/aromatic N) is 2. The van der Waals surface area contributed by atoms with Gasteiger partial charge < -0.3 is 14.2 Å². The zero-order chi connectivity index (χ0) is 19.3. The van der Waals surface area contributed by atoms with Crippen LogP contribution in [0.2, 0.25) is 0 Å². The first kappa shape index (κ1) is 18.4. The van der Waals surface area contributed by atoms with Crippen LogP contribution in [0.5, 0.6) is 11.5 Å². The molecular weight excluding hydrogens is 356 g/mol. The van der Waals surface area contributed by atoms with Crippen molar-refractivity contribution in [3.8, 4) is 11.5 Å². The predicted molar refractivity (Wildman–Crippen MR) is 106 cm³/mol. The van der Waals surface area contributed by atoms with E-state index in [0.717, 1.165) is 43.8 Å². The van der Waals surface area contributed by atoms with Gasteiger partial charge in [0, 0.05) is 31.2 Å². The van der Waals surface area contributed by atoms with Gasteiger partial charge in [-0.15, -0.1) is 0 Å². The molecule has 1 saturated heterocycles. The molecule has 0 radical (unpaired) electrons. The number of methoxy groups -OCH3 is 1. The van der Waals surface area contributed by atoms with Crippen molar-refractivity contribution in [2.75, 3.05) is 33.4 Å². The normalized spacial score (nSPS) is 14.8. The molecule has 0 atom stereocenters. The maximum atomic E-state index is 12.6. The van der Waals surface area contributed by atoms with Gasteiger partial charge >= 0.3 is 5.97 Å². The highest BCUT2D eigenvalue weighted by molar-refractivity contribution is 5.95. The van der Waals surface area contributed by atoms with Gasteiger partial charge in [-0.1, -0.05) is 18.2 Å². The molecule has 1 aromatic heterocycles. The van der Waals surface area contributed by atoms with Gasteiger partial charge in [-0.3, -0.25) is 9.88 Å². The lowest BCUT2D eigenvalue weighted by Crippen LogP contribution is -2.35. The SMILES string of the molecule is COc1cccc(C(=O)Oc2ccc(CN3CCOCC3)c3cccnc23)c1. The van der Waals surface area contributed by atoms with Crippen LogP contribution in [0.15, 0.2) is 54.7 Å². The molecule has 0 aliphatic carbocycles. The maximum Gasteiger partial charge on any atom is 0.343 e. The van der Waals surface area contributed by atoms with Gasteiger partial charge in [-0.25, -0.2) is 4.79 Å². The molecule has 1 fully saturated rings. The molecule has 6 heteroatoms. The van der Waals surface area contributed by atoms with E-state index >= 15 is 0 Å². The van der Waals surface area contributed by atoms with Crippen molar-refractivity contribution >= 4 is 16.9 Å². The number of benzene rings is 2. The molecule has 0 saturated carbocycles. The van der Waals surface area contributed by atoms with Crippen LogP contribution < -0.4 is 9.47 Å². The highest BCUT2D eigenvalue weighted by Crippen LogP contribution is 2.28. The molecule has 4 rings (SSSR count). The zero-order valence-corrected chi connectivity index (χ0v) is 15.8. The number of hydrogen-bond acceptors (Lipinski definition) is 6. The lowest BCUT2D eigenvalue weighted by molar-refractivity contribution is 0.0343. The largest absolute Gasteiger partial charge is 0.497 e. The van der Waals surface area contributed by atoms with Crippen molar-refractivity contribution in [3.05, 3.63) is 65.9 Å². The van der Waals surface area contributed by atoms with Crippen LogP contribution in [0.4, 0.5) is 0 Å². The monoisotopic (exact) mass is 378 g/mol. The molecule has 1 aliphatic heterocycles. The van der Waals surface area contributed by atoms with E-state index in [1.807, 2.05) is 24.3 Å². The van der Waals surface area contributed by atoms with E-state index in [4.69, 9.17) is 14.2 Å². The molecule has 0 unspecified atom stereocenters. The van der Waals surface area contributed by atoms with E-state index in [1.165, 1.54) is 0 Å². The van der Waals surface area contributed by atoms with Crippen molar-refractivity contribution in [1.82, 2.24) is 9.88 Å². The Kier molecular flexibility index (Phi) is 5.50. The summed E-state index contributed by atoms with van der Waals surface area (Å²) in [6, 6.07) is 14.7. The van der Waals surface area contributed by atoms with E-state index < -0.39 is 5.97 Å². The summed E-state index contributed by atoms with van der Waals surface area (Å²) in [5.74, 6) is 0.624. The fourth-order valence-corrected chi connectivity index (χ4v) is 3.34.